The molecule has 0 bridgehead atoms. The standard InChI is InChI=1S/C14H19N3/c1-3-16-8-5-7-12(16)14-15-10-13-11(2)6-4-9-17(13)14/h4,6,9-10,12H,3,5,7-8H2,1-2H3. The molecular weight excluding hydrogens is 210 g/mol. The number of rotatable bonds is 2. The van der Waals surface area contributed by atoms with Crippen molar-refractivity contribution in [2.45, 2.75) is 32.7 Å². The number of likely N-dealkylation sites (tertiary alicyclic amines) is 1. The summed E-state index contributed by atoms with van der Waals surface area (Å²) in [7, 11) is 0. The number of aromatic nitrogens is 2. The molecule has 3 heteroatoms. The highest BCUT2D eigenvalue weighted by molar-refractivity contribution is 5.53. The van der Waals surface area contributed by atoms with Crippen LogP contribution in [0.5, 0.6) is 0 Å². The summed E-state index contributed by atoms with van der Waals surface area (Å²) in [6.45, 7) is 6.71. The fourth-order valence-electron chi connectivity index (χ4n) is 2.93. The smallest absolute Gasteiger partial charge is 0.130 e. The number of hydrogen-bond acceptors (Lipinski definition) is 2. The maximum absolute atomic E-state index is 4.66. The summed E-state index contributed by atoms with van der Waals surface area (Å²) in [5.74, 6) is 1.21. The zero-order chi connectivity index (χ0) is 11.8. The Kier molecular flexibility index (Phi) is 2.63. The predicted octanol–water partition coefficient (Wildman–Crippen LogP) is 2.80. The van der Waals surface area contributed by atoms with Gasteiger partial charge in [0, 0.05) is 6.20 Å². The number of hydrogen-bond donors (Lipinski definition) is 0. The van der Waals surface area contributed by atoms with Crippen LogP contribution in [0.1, 0.15) is 37.2 Å². The number of aryl methyl sites for hydroxylation is 1. The van der Waals surface area contributed by atoms with Crippen molar-refractivity contribution in [1.82, 2.24) is 14.3 Å². The average Bonchev–Trinajstić information content (AvgIpc) is 2.94. The molecule has 3 rings (SSSR count). The molecule has 0 amide bonds. The van der Waals surface area contributed by atoms with E-state index in [4.69, 9.17) is 0 Å². The Hall–Kier alpha value is -1.35. The van der Waals surface area contributed by atoms with Gasteiger partial charge in [0.25, 0.3) is 0 Å². The maximum atomic E-state index is 4.66. The fourth-order valence-corrected chi connectivity index (χ4v) is 2.93. The van der Waals surface area contributed by atoms with E-state index in [1.54, 1.807) is 0 Å². The molecule has 1 saturated heterocycles. The van der Waals surface area contributed by atoms with Gasteiger partial charge < -0.3 is 4.40 Å². The predicted molar refractivity (Wildman–Crippen MR) is 69.2 cm³/mol. The van der Waals surface area contributed by atoms with Gasteiger partial charge in [0.2, 0.25) is 0 Å². The van der Waals surface area contributed by atoms with E-state index < -0.39 is 0 Å². The van der Waals surface area contributed by atoms with E-state index >= 15 is 0 Å². The van der Waals surface area contributed by atoms with Gasteiger partial charge in [-0.2, -0.15) is 0 Å². The molecule has 2 aromatic heterocycles. The monoisotopic (exact) mass is 229 g/mol. The summed E-state index contributed by atoms with van der Waals surface area (Å²) < 4.78 is 2.26. The lowest BCUT2D eigenvalue weighted by Crippen LogP contribution is -2.24. The summed E-state index contributed by atoms with van der Waals surface area (Å²) >= 11 is 0. The van der Waals surface area contributed by atoms with Crippen LogP contribution in [0.4, 0.5) is 0 Å². The first-order valence-corrected chi connectivity index (χ1v) is 6.48. The third kappa shape index (κ3) is 1.65. The summed E-state index contributed by atoms with van der Waals surface area (Å²) in [5.41, 5.74) is 2.54. The zero-order valence-electron chi connectivity index (χ0n) is 10.6. The van der Waals surface area contributed by atoms with Gasteiger partial charge in [-0.05, 0) is 44.5 Å². The van der Waals surface area contributed by atoms with E-state index in [-0.39, 0.29) is 0 Å². The molecule has 1 unspecified atom stereocenters. The van der Waals surface area contributed by atoms with Crippen molar-refractivity contribution >= 4 is 5.52 Å². The number of imidazole rings is 1. The van der Waals surface area contributed by atoms with E-state index in [2.05, 4.69) is 46.5 Å². The van der Waals surface area contributed by atoms with Gasteiger partial charge in [-0.3, -0.25) is 4.90 Å². The van der Waals surface area contributed by atoms with E-state index in [0.29, 0.717) is 6.04 Å². The summed E-state index contributed by atoms with van der Waals surface area (Å²) in [6, 6.07) is 4.76. The van der Waals surface area contributed by atoms with Crippen molar-refractivity contribution < 1.29 is 0 Å². The maximum Gasteiger partial charge on any atom is 0.130 e. The van der Waals surface area contributed by atoms with Crippen LogP contribution in [0.15, 0.2) is 24.5 Å². The topological polar surface area (TPSA) is 20.5 Å². The molecule has 1 aliphatic rings. The van der Waals surface area contributed by atoms with E-state index in [0.717, 1.165) is 6.54 Å². The lowest BCUT2D eigenvalue weighted by Gasteiger charge is -2.21. The molecule has 0 aliphatic carbocycles. The van der Waals surface area contributed by atoms with Gasteiger partial charge in [-0.25, -0.2) is 4.98 Å². The first-order chi connectivity index (χ1) is 8.31. The second-order valence-corrected chi connectivity index (χ2v) is 4.85. The van der Waals surface area contributed by atoms with Gasteiger partial charge in [-0.1, -0.05) is 13.0 Å². The van der Waals surface area contributed by atoms with Crippen molar-refractivity contribution in [3.8, 4) is 0 Å². The molecule has 3 nitrogen and oxygen atoms in total. The molecule has 2 aromatic rings. The highest BCUT2D eigenvalue weighted by Crippen LogP contribution is 2.31. The van der Waals surface area contributed by atoms with Crippen LogP contribution >= 0.6 is 0 Å². The quantitative estimate of drug-likeness (QED) is 0.789. The van der Waals surface area contributed by atoms with Crippen molar-refractivity contribution in [1.29, 1.82) is 0 Å². The molecule has 17 heavy (non-hydrogen) atoms. The zero-order valence-corrected chi connectivity index (χ0v) is 10.6. The van der Waals surface area contributed by atoms with Crippen LogP contribution in [-0.4, -0.2) is 27.4 Å². The second kappa shape index (κ2) is 4.15. The van der Waals surface area contributed by atoms with E-state index in [1.807, 2.05) is 6.20 Å². The molecule has 0 saturated carbocycles. The van der Waals surface area contributed by atoms with Gasteiger partial charge >= 0.3 is 0 Å². The number of fused-ring (bicyclic) bond motifs is 1. The summed E-state index contributed by atoms with van der Waals surface area (Å²) in [4.78, 5) is 7.18. The Morgan fingerprint density at radius 3 is 3.18 bits per heavy atom. The van der Waals surface area contributed by atoms with Crippen LogP contribution in [-0.2, 0) is 0 Å². The van der Waals surface area contributed by atoms with Gasteiger partial charge in [0.05, 0.1) is 17.8 Å². The normalized spacial score (nSPS) is 21.4. The van der Waals surface area contributed by atoms with Gasteiger partial charge in [-0.15, -0.1) is 0 Å². The summed E-state index contributed by atoms with van der Waals surface area (Å²) in [5, 5.41) is 0. The molecule has 1 atom stereocenters. The molecule has 90 valence electrons. The molecule has 1 fully saturated rings. The van der Waals surface area contributed by atoms with Crippen LogP contribution < -0.4 is 0 Å². The SMILES string of the molecule is CCN1CCCC1c1ncc2c(C)cccn12. The lowest BCUT2D eigenvalue weighted by molar-refractivity contribution is 0.261. The van der Waals surface area contributed by atoms with Crippen molar-refractivity contribution in [2.24, 2.45) is 0 Å². The third-order valence-corrected chi connectivity index (χ3v) is 3.88. The minimum Gasteiger partial charge on any atom is -0.302 e. The Bertz CT molecular complexity index is 529. The highest BCUT2D eigenvalue weighted by atomic mass is 15.2. The fraction of sp³-hybridized carbons (Fsp3) is 0.500. The van der Waals surface area contributed by atoms with Crippen LogP contribution in [0.25, 0.3) is 5.52 Å². The van der Waals surface area contributed by atoms with Gasteiger partial charge in [0.15, 0.2) is 0 Å². The summed E-state index contributed by atoms with van der Waals surface area (Å²) in [6.07, 6.45) is 6.67. The molecule has 3 heterocycles. The number of pyridine rings is 1. The minimum atomic E-state index is 0.504. The van der Waals surface area contributed by atoms with E-state index in [9.17, 15) is 0 Å². The molecular formula is C14H19N3. The Morgan fingerprint density at radius 1 is 1.47 bits per heavy atom. The van der Waals surface area contributed by atoms with Crippen molar-refractivity contribution in [3.05, 3.63) is 35.9 Å². The van der Waals surface area contributed by atoms with Crippen molar-refractivity contribution in [2.75, 3.05) is 13.1 Å². The average molecular weight is 229 g/mol. The van der Waals surface area contributed by atoms with Crippen molar-refractivity contribution in [3.63, 3.8) is 0 Å². The molecule has 0 radical (unpaired) electrons. The Balaban J connectivity index is 2.09. The van der Waals surface area contributed by atoms with Crippen LogP contribution in [0.2, 0.25) is 0 Å². The first kappa shape index (κ1) is 10.8. The third-order valence-electron chi connectivity index (χ3n) is 3.88. The minimum absolute atomic E-state index is 0.504. The molecule has 0 aromatic carbocycles. The second-order valence-electron chi connectivity index (χ2n) is 4.85. The first-order valence-electron chi connectivity index (χ1n) is 6.48. The highest BCUT2D eigenvalue weighted by Gasteiger charge is 2.27. The van der Waals surface area contributed by atoms with Crippen LogP contribution in [0.3, 0.4) is 0 Å². The Labute approximate surface area is 102 Å². The van der Waals surface area contributed by atoms with Crippen LogP contribution in [0, 0.1) is 6.92 Å². The Morgan fingerprint density at radius 2 is 2.35 bits per heavy atom. The lowest BCUT2D eigenvalue weighted by atomic mass is 10.2. The molecule has 1 aliphatic heterocycles. The van der Waals surface area contributed by atoms with E-state index in [1.165, 1.54) is 36.3 Å². The number of nitrogens with zero attached hydrogens (tertiary/aromatic N) is 3. The van der Waals surface area contributed by atoms with Gasteiger partial charge in [0.1, 0.15) is 5.82 Å². The molecule has 0 N–H and O–H groups in total. The molecule has 0 spiro atoms. The largest absolute Gasteiger partial charge is 0.302 e.